The van der Waals surface area contributed by atoms with Crippen LogP contribution >= 0.6 is 0 Å². The molecule has 0 amide bonds. The SMILES string of the molecule is O=C(O)/C=C/c1ccc2c(=O)c(-c3ccccc3)coc2c1. The molecule has 0 saturated carbocycles. The van der Waals surface area contributed by atoms with Gasteiger partial charge in [0.15, 0.2) is 5.43 Å². The Labute approximate surface area is 125 Å². The molecule has 0 saturated heterocycles. The molecule has 0 spiro atoms. The van der Waals surface area contributed by atoms with E-state index >= 15 is 0 Å². The van der Waals surface area contributed by atoms with Crippen LogP contribution in [-0.4, -0.2) is 11.1 Å². The first-order valence-electron chi connectivity index (χ1n) is 6.67. The van der Waals surface area contributed by atoms with Gasteiger partial charge in [-0.3, -0.25) is 4.79 Å². The second-order valence-electron chi connectivity index (χ2n) is 4.77. The summed E-state index contributed by atoms with van der Waals surface area (Å²) in [5.74, 6) is -1.03. The van der Waals surface area contributed by atoms with Gasteiger partial charge >= 0.3 is 5.97 Å². The van der Waals surface area contributed by atoms with Gasteiger partial charge in [0.25, 0.3) is 0 Å². The average molecular weight is 292 g/mol. The van der Waals surface area contributed by atoms with Gasteiger partial charge < -0.3 is 9.52 Å². The van der Waals surface area contributed by atoms with Crippen molar-refractivity contribution in [1.82, 2.24) is 0 Å². The van der Waals surface area contributed by atoms with Crippen LogP contribution in [0.5, 0.6) is 0 Å². The molecule has 3 rings (SSSR count). The van der Waals surface area contributed by atoms with E-state index < -0.39 is 5.97 Å². The summed E-state index contributed by atoms with van der Waals surface area (Å²) in [6, 6.07) is 14.3. The third-order valence-electron chi connectivity index (χ3n) is 3.30. The number of fused-ring (bicyclic) bond motifs is 1. The van der Waals surface area contributed by atoms with Gasteiger partial charge in [0, 0.05) is 6.08 Å². The van der Waals surface area contributed by atoms with E-state index in [2.05, 4.69) is 0 Å². The fourth-order valence-corrected chi connectivity index (χ4v) is 2.23. The zero-order chi connectivity index (χ0) is 15.5. The van der Waals surface area contributed by atoms with Crippen LogP contribution in [0.4, 0.5) is 0 Å². The highest BCUT2D eigenvalue weighted by molar-refractivity contribution is 5.87. The Hall–Kier alpha value is -3.14. The van der Waals surface area contributed by atoms with Crippen molar-refractivity contribution >= 4 is 23.0 Å². The lowest BCUT2D eigenvalue weighted by molar-refractivity contribution is -0.131. The summed E-state index contributed by atoms with van der Waals surface area (Å²) in [6.45, 7) is 0. The summed E-state index contributed by atoms with van der Waals surface area (Å²) in [6.07, 6.45) is 3.93. The zero-order valence-corrected chi connectivity index (χ0v) is 11.5. The van der Waals surface area contributed by atoms with Crippen LogP contribution in [0.15, 0.2) is 70.1 Å². The van der Waals surface area contributed by atoms with Crippen LogP contribution in [0.2, 0.25) is 0 Å². The normalized spacial score (nSPS) is 11.1. The molecule has 0 aliphatic carbocycles. The van der Waals surface area contributed by atoms with Crippen molar-refractivity contribution in [3.05, 3.63) is 76.7 Å². The second-order valence-corrected chi connectivity index (χ2v) is 4.77. The largest absolute Gasteiger partial charge is 0.478 e. The molecule has 1 N–H and O–H groups in total. The van der Waals surface area contributed by atoms with E-state index in [4.69, 9.17) is 9.52 Å². The molecule has 0 fully saturated rings. The van der Waals surface area contributed by atoms with Crippen molar-refractivity contribution in [2.45, 2.75) is 0 Å². The molecule has 1 aromatic heterocycles. The van der Waals surface area contributed by atoms with Crippen molar-refractivity contribution in [2.24, 2.45) is 0 Å². The second kappa shape index (κ2) is 5.69. The summed E-state index contributed by atoms with van der Waals surface area (Å²) in [5.41, 5.74) is 2.28. The highest BCUT2D eigenvalue weighted by Crippen LogP contribution is 2.20. The van der Waals surface area contributed by atoms with Crippen molar-refractivity contribution in [1.29, 1.82) is 0 Å². The monoisotopic (exact) mass is 292 g/mol. The molecule has 4 nitrogen and oxygen atoms in total. The molecule has 22 heavy (non-hydrogen) atoms. The maximum atomic E-state index is 12.5. The highest BCUT2D eigenvalue weighted by atomic mass is 16.4. The lowest BCUT2D eigenvalue weighted by Gasteiger charge is -2.03. The number of aliphatic carboxylic acids is 1. The first-order chi connectivity index (χ1) is 10.6. The molecular weight excluding hydrogens is 280 g/mol. The number of carbonyl (C=O) groups is 1. The topological polar surface area (TPSA) is 67.5 Å². The third kappa shape index (κ3) is 2.67. The fraction of sp³-hybridized carbons (Fsp3) is 0. The summed E-state index contributed by atoms with van der Waals surface area (Å²) in [5, 5.41) is 9.10. The zero-order valence-electron chi connectivity index (χ0n) is 11.5. The molecule has 2 aromatic carbocycles. The number of carboxylic acids is 1. The van der Waals surface area contributed by atoms with Crippen LogP contribution in [0.25, 0.3) is 28.2 Å². The Balaban J connectivity index is 2.11. The van der Waals surface area contributed by atoms with Gasteiger partial charge in [-0.15, -0.1) is 0 Å². The maximum Gasteiger partial charge on any atom is 0.328 e. The van der Waals surface area contributed by atoms with Crippen LogP contribution in [-0.2, 0) is 4.79 Å². The van der Waals surface area contributed by atoms with Crippen molar-refractivity contribution in [2.75, 3.05) is 0 Å². The smallest absolute Gasteiger partial charge is 0.328 e. The average Bonchev–Trinajstić information content (AvgIpc) is 2.54. The number of rotatable bonds is 3. The predicted octanol–water partition coefficient (Wildman–Crippen LogP) is 3.56. The third-order valence-corrected chi connectivity index (χ3v) is 3.30. The minimum absolute atomic E-state index is 0.110. The first kappa shape index (κ1) is 13.8. The van der Waals surface area contributed by atoms with Crippen molar-refractivity contribution in [3.8, 4) is 11.1 Å². The van der Waals surface area contributed by atoms with E-state index in [0.717, 1.165) is 11.6 Å². The number of hydrogen-bond donors (Lipinski definition) is 1. The lowest BCUT2D eigenvalue weighted by Crippen LogP contribution is -2.04. The van der Waals surface area contributed by atoms with Crippen LogP contribution in [0.1, 0.15) is 5.56 Å². The summed E-state index contributed by atoms with van der Waals surface area (Å²) < 4.78 is 5.54. The molecule has 108 valence electrons. The standard InChI is InChI=1S/C18H12O4/c19-17(20)9-7-12-6-8-14-16(10-12)22-11-15(18(14)21)13-4-2-1-3-5-13/h1-11H,(H,19,20)/b9-7+. The Morgan fingerprint density at radius 3 is 2.59 bits per heavy atom. The van der Waals surface area contributed by atoms with Gasteiger partial charge in [0.05, 0.1) is 10.9 Å². The van der Waals surface area contributed by atoms with Crippen LogP contribution in [0, 0.1) is 0 Å². The number of hydrogen-bond acceptors (Lipinski definition) is 3. The maximum absolute atomic E-state index is 12.5. The van der Waals surface area contributed by atoms with Crippen molar-refractivity contribution in [3.63, 3.8) is 0 Å². The quantitative estimate of drug-likeness (QED) is 0.749. The molecule has 0 radical (unpaired) electrons. The van der Waals surface area contributed by atoms with E-state index in [1.54, 1.807) is 18.2 Å². The highest BCUT2D eigenvalue weighted by Gasteiger charge is 2.08. The van der Waals surface area contributed by atoms with E-state index in [-0.39, 0.29) is 5.43 Å². The number of carboxylic acid groups (broad SMARTS) is 1. The first-order valence-corrected chi connectivity index (χ1v) is 6.67. The van der Waals surface area contributed by atoms with Crippen LogP contribution < -0.4 is 5.43 Å². The molecule has 0 aliphatic rings. The fourth-order valence-electron chi connectivity index (χ4n) is 2.23. The van der Waals surface area contributed by atoms with Crippen molar-refractivity contribution < 1.29 is 14.3 Å². The molecule has 0 aliphatic heterocycles. The lowest BCUT2D eigenvalue weighted by atomic mass is 10.0. The van der Waals surface area contributed by atoms with Gasteiger partial charge in [0.2, 0.25) is 0 Å². The Morgan fingerprint density at radius 1 is 1.09 bits per heavy atom. The molecule has 3 aromatic rings. The summed E-state index contributed by atoms with van der Waals surface area (Å²) in [4.78, 5) is 23.1. The van der Waals surface area contributed by atoms with E-state index in [0.29, 0.717) is 22.1 Å². The van der Waals surface area contributed by atoms with E-state index in [1.165, 1.54) is 12.3 Å². The molecular formula is C18H12O4. The van der Waals surface area contributed by atoms with Gasteiger partial charge in [-0.1, -0.05) is 36.4 Å². The Bertz CT molecular complexity index is 921. The molecule has 4 heteroatoms. The Kier molecular flexibility index (Phi) is 3.58. The van der Waals surface area contributed by atoms with Crippen LogP contribution in [0.3, 0.4) is 0 Å². The molecule has 0 bridgehead atoms. The molecule has 0 unspecified atom stereocenters. The Morgan fingerprint density at radius 2 is 1.86 bits per heavy atom. The van der Waals surface area contributed by atoms with E-state index in [1.807, 2.05) is 30.3 Å². The predicted molar refractivity (Wildman–Crippen MR) is 84.6 cm³/mol. The minimum Gasteiger partial charge on any atom is -0.478 e. The van der Waals surface area contributed by atoms with Gasteiger partial charge in [-0.05, 0) is 29.3 Å². The minimum atomic E-state index is -1.03. The van der Waals surface area contributed by atoms with E-state index in [9.17, 15) is 9.59 Å². The van der Waals surface area contributed by atoms with Gasteiger partial charge in [-0.25, -0.2) is 4.79 Å². The van der Waals surface area contributed by atoms with Gasteiger partial charge in [-0.2, -0.15) is 0 Å². The molecule has 0 atom stereocenters. The summed E-state index contributed by atoms with van der Waals surface area (Å²) in [7, 11) is 0. The molecule has 1 heterocycles. The summed E-state index contributed by atoms with van der Waals surface area (Å²) >= 11 is 0. The van der Waals surface area contributed by atoms with Gasteiger partial charge in [0.1, 0.15) is 11.8 Å². The number of benzene rings is 2.